The van der Waals surface area contributed by atoms with E-state index in [0.717, 1.165) is 0 Å². The van der Waals surface area contributed by atoms with Crippen LogP contribution >= 0.6 is 0 Å². The Morgan fingerprint density at radius 2 is 1.75 bits per heavy atom. The van der Waals surface area contributed by atoms with E-state index < -0.39 is 8.80 Å². The van der Waals surface area contributed by atoms with Gasteiger partial charge in [0.25, 0.3) is 0 Å². The minimum Gasteiger partial charge on any atom is -0.269 e. The van der Waals surface area contributed by atoms with Crippen molar-refractivity contribution in [3.8, 4) is 0 Å². The van der Waals surface area contributed by atoms with Crippen LogP contribution in [-0.2, 0) is 0 Å². The highest BCUT2D eigenvalue weighted by Crippen LogP contribution is 1.90. The van der Waals surface area contributed by atoms with E-state index in [-0.39, 0.29) is 4.70 Å². The van der Waals surface area contributed by atoms with E-state index in [9.17, 15) is 0 Å². The SMILES string of the molecule is C=C[SiH](C=C)CC.F. The summed E-state index contributed by atoms with van der Waals surface area (Å²) in [6.07, 6.45) is 0. The smallest absolute Gasteiger partial charge is 0.0835 e. The van der Waals surface area contributed by atoms with Crippen molar-refractivity contribution in [2.75, 3.05) is 0 Å². The van der Waals surface area contributed by atoms with Crippen LogP contribution in [0.3, 0.4) is 0 Å². The third-order valence-electron chi connectivity index (χ3n) is 1.08. The van der Waals surface area contributed by atoms with Gasteiger partial charge in [0, 0.05) is 0 Å². The molecular formula is C6H13FSi. The topological polar surface area (TPSA) is 0 Å². The van der Waals surface area contributed by atoms with Crippen LogP contribution in [0.1, 0.15) is 6.92 Å². The molecule has 0 aromatic carbocycles. The maximum Gasteiger partial charge on any atom is 0.0835 e. The normalized spacial score (nSPS) is 7.75. The van der Waals surface area contributed by atoms with E-state index in [0.29, 0.717) is 0 Å². The van der Waals surface area contributed by atoms with E-state index in [1.54, 1.807) is 0 Å². The van der Waals surface area contributed by atoms with Gasteiger partial charge in [0.05, 0.1) is 8.80 Å². The summed E-state index contributed by atoms with van der Waals surface area (Å²) >= 11 is 0. The van der Waals surface area contributed by atoms with Gasteiger partial charge >= 0.3 is 0 Å². The van der Waals surface area contributed by atoms with Crippen LogP contribution in [0.4, 0.5) is 4.70 Å². The standard InChI is InChI=1S/C6H12Si.FH/c1-4-7(5-2)6-3;/h4-5,7H,1-2,6H2,3H3;1H. The zero-order valence-electron chi connectivity index (χ0n) is 5.26. The molecule has 0 N–H and O–H groups in total. The second-order valence-electron chi connectivity index (χ2n) is 1.54. The molecule has 0 aliphatic rings. The maximum absolute atomic E-state index is 3.69. The van der Waals surface area contributed by atoms with Crippen molar-refractivity contribution in [2.45, 2.75) is 13.0 Å². The maximum atomic E-state index is 3.69. The minimum atomic E-state index is -0.644. The van der Waals surface area contributed by atoms with Crippen LogP contribution in [0.2, 0.25) is 6.04 Å². The fraction of sp³-hybridized carbons (Fsp3) is 0.333. The van der Waals surface area contributed by atoms with Crippen LogP contribution in [0, 0.1) is 0 Å². The lowest BCUT2D eigenvalue weighted by molar-refractivity contribution is 1.11. The first-order valence-corrected chi connectivity index (χ1v) is 4.75. The van der Waals surface area contributed by atoms with Gasteiger partial charge in [-0.1, -0.05) is 13.0 Å². The second-order valence-corrected chi connectivity index (χ2v) is 4.63. The molecule has 0 bridgehead atoms. The lowest BCUT2D eigenvalue weighted by atomic mass is 11.0. The van der Waals surface area contributed by atoms with Crippen LogP contribution in [0.15, 0.2) is 24.6 Å². The first-order chi connectivity index (χ1) is 3.35. The summed E-state index contributed by atoms with van der Waals surface area (Å²) in [5.74, 6) is 0. The van der Waals surface area contributed by atoms with Crippen LogP contribution < -0.4 is 0 Å². The second kappa shape index (κ2) is 6.63. The molecule has 0 heterocycles. The Labute approximate surface area is 51.9 Å². The van der Waals surface area contributed by atoms with E-state index in [1.807, 2.05) is 11.4 Å². The zero-order chi connectivity index (χ0) is 5.70. The van der Waals surface area contributed by atoms with Gasteiger partial charge in [-0.15, -0.1) is 24.6 Å². The van der Waals surface area contributed by atoms with Crippen LogP contribution in [-0.4, -0.2) is 8.80 Å². The first-order valence-electron chi connectivity index (χ1n) is 2.60. The Bertz CT molecular complexity index is 62.9. The molecule has 0 fully saturated rings. The number of hydrogen-bond donors (Lipinski definition) is 0. The molecule has 0 aromatic rings. The predicted molar refractivity (Wildman–Crippen MR) is 40.5 cm³/mol. The molecule has 0 nitrogen and oxygen atoms in total. The average molecular weight is 132 g/mol. The van der Waals surface area contributed by atoms with Gasteiger partial charge in [0.2, 0.25) is 0 Å². The third kappa shape index (κ3) is 3.80. The molecule has 48 valence electrons. The van der Waals surface area contributed by atoms with Gasteiger partial charge in [-0.25, -0.2) is 0 Å². The van der Waals surface area contributed by atoms with Crippen molar-refractivity contribution >= 4 is 8.80 Å². The molecule has 0 spiro atoms. The van der Waals surface area contributed by atoms with E-state index in [4.69, 9.17) is 0 Å². The predicted octanol–water partition coefficient (Wildman–Crippen LogP) is 1.84. The molecule has 0 rings (SSSR count). The van der Waals surface area contributed by atoms with E-state index in [2.05, 4.69) is 20.1 Å². The lowest BCUT2D eigenvalue weighted by Gasteiger charge is -1.94. The molecule has 0 saturated carbocycles. The Morgan fingerprint density at radius 1 is 1.38 bits per heavy atom. The van der Waals surface area contributed by atoms with Crippen molar-refractivity contribution in [1.29, 1.82) is 0 Å². The molecular weight excluding hydrogens is 119 g/mol. The number of rotatable bonds is 3. The molecule has 0 aromatic heterocycles. The molecule has 0 aliphatic heterocycles. The fourth-order valence-electron chi connectivity index (χ4n) is 0.430. The van der Waals surface area contributed by atoms with Gasteiger partial charge in [0.1, 0.15) is 0 Å². The van der Waals surface area contributed by atoms with Gasteiger partial charge in [-0.05, 0) is 0 Å². The Hall–Kier alpha value is -0.373. The van der Waals surface area contributed by atoms with Crippen molar-refractivity contribution in [3.63, 3.8) is 0 Å². The van der Waals surface area contributed by atoms with E-state index in [1.165, 1.54) is 6.04 Å². The van der Waals surface area contributed by atoms with Crippen molar-refractivity contribution in [3.05, 3.63) is 24.6 Å². The highest BCUT2D eigenvalue weighted by molar-refractivity contribution is 6.69. The van der Waals surface area contributed by atoms with Crippen molar-refractivity contribution < 1.29 is 4.70 Å². The molecule has 0 amide bonds. The lowest BCUT2D eigenvalue weighted by Crippen LogP contribution is -2.00. The minimum absolute atomic E-state index is 0. The summed E-state index contributed by atoms with van der Waals surface area (Å²) in [7, 11) is -0.644. The average Bonchev–Trinajstić information content (AvgIpc) is 1.72. The summed E-state index contributed by atoms with van der Waals surface area (Å²) in [5, 5.41) is 0. The summed E-state index contributed by atoms with van der Waals surface area (Å²) in [5.41, 5.74) is 4.10. The van der Waals surface area contributed by atoms with Crippen molar-refractivity contribution in [1.82, 2.24) is 0 Å². The van der Waals surface area contributed by atoms with Crippen LogP contribution in [0.5, 0.6) is 0 Å². The monoisotopic (exact) mass is 132 g/mol. The molecule has 2 heteroatoms. The van der Waals surface area contributed by atoms with Gasteiger partial charge in [-0.2, -0.15) is 0 Å². The molecule has 8 heavy (non-hydrogen) atoms. The molecule has 0 unspecified atom stereocenters. The van der Waals surface area contributed by atoms with Crippen LogP contribution in [0.25, 0.3) is 0 Å². The van der Waals surface area contributed by atoms with Gasteiger partial charge in [-0.3, -0.25) is 4.70 Å². The Kier molecular flexibility index (Phi) is 8.76. The largest absolute Gasteiger partial charge is 0.269 e. The first kappa shape index (κ1) is 10.6. The van der Waals surface area contributed by atoms with E-state index >= 15 is 0 Å². The summed E-state index contributed by atoms with van der Waals surface area (Å²) in [6, 6.07) is 1.26. The fourth-order valence-corrected chi connectivity index (χ4v) is 1.29. The number of halogens is 1. The Morgan fingerprint density at radius 3 is 1.75 bits per heavy atom. The number of hydrogen-bond acceptors (Lipinski definition) is 0. The molecule has 0 atom stereocenters. The molecule has 0 radical (unpaired) electrons. The highest BCUT2D eigenvalue weighted by atomic mass is 28.3. The summed E-state index contributed by atoms with van der Waals surface area (Å²) in [6.45, 7) is 9.57. The third-order valence-corrected chi connectivity index (χ3v) is 3.23. The van der Waals surface area contributed by atoms with Gasteiger partial charge in [0.15, 0.2) is 0 Å². The summed E-state index contributed by atoms with van der Waals surface area (Å²) in [4.78, 5) is 0. The quantitative estimate of drug-likeness (QED) is 0.514. The molecule has 0 aliphatic carbocycles. The Balaban J connectivity index is 0. The summed E-state index contributed by atoms with van der Waals surface area (Å²) < 4.78 is 0. The van der Waals surface area contributed by atoms with Gasteiger partial charge < -0.3 is 0 Å². The molecule has 0 saturated heterocycles. The van der Waals surface area contributed by atoms with Crippen molar-refractivity contribution in [2.24, 2.45) is 0 Å². The zero-order valence-corrected chi connectivity index (χ0v) is 6.42. The highest BCUT2D eigenvalue weighted by Gasteiger charge is 1.91.